The van der Waals surface area contributed by atoms with E-state index in [1.807, 2.05) is 0 Å². The number of anilines is 1. The lowest BCUT2D eigenvalue weighted by Crippen LogP contribution is -2.38. The lowest BCUT2D eigenvalue weighted by molar-refractivity contribution is -0.116. The number of rotatable bonds is 8. The topological polar surface area (TPSA) is 102 Å². The third kappa shape index (κ3) is 4.85. The first-order chi connectivity index (χ1) is 12.8. The maximum atomic E-state index is 12.9. The summed E-state index contributed by atoms with van der Waals surface area (Å²) in [4.78, 5) is 23.9. The minimum atomic E-state index is -4.03. The fraction of sp³-hybridized carbons (Fsp3) is 0.294. The monoisotopic (exact) mass is 412 g/mol. The highest BCUT2D eigenvalue weighted by Gasteiger charge is 2.31. The number of benzene rings is 1. The zero-order valence-electron chi connectivity index (χ0n) is 15.1. The van der Waals surface area contributed by atoms with Crippen LogP contribution in [-0.4, -0.2) is 51.9 Å². The number of hydrogen-bond donors (Lipinski definition) is 1. The average Bonchev–Trinajstić information content (AvgIpc) is 3.16. The summed E-state index contributed by atoms with van der Waals surface area (Å²) >= 11 is 0.969. The van der Waals surface area contributed by atoms with Crippen LogP contribution in [0.4, 0.5) is 5.69 Å². The lowest BCUT2D eigenvalue weighted by Gasteiger charge is -2.20. The van der Waals surface area contributed by atoms with E-state index in [0.717, 1.165) is 15.6 Å². The molecule has 1 aromatic heterocycles. The van der Waals surface area contributed by atoms with Crippen molar-refractivity contribution in [2.75, 3.05) is 32.6 Å². The van der Waals surface area contributed by atoms with Crippen molar-refractivity contribution in [1.29, 1.82) is 0 Å². The standard InChI is InChI=1S/C17H20N2O6S2/c1-4-19(11-15(20)18-12-5-7-13(24-2)8-6-12)27(22,23)14-9-10-26-16(14)17(21)25-3/h5-10H,4,11H2,1-3H3,(H,18,20). The molecular formula is C17H20N2O6S2. The maximum absolute atomic E-state index is 12.9. The van der Waals surface area contributed by atoms with Crippen molar-refractivity contribution in [3.8, 4) is 5.75 Å². The Balaban J connectivity index is 2.16. The van der Waals surface area contributed by atoms with E-state index >= 15 is 0 Å². The minimum absolute atomic E-state index is 0.0217. The van der Waals surface area contributed by atoms with Gasteiger partial charge in [-0.05, 0) is 35.7 Å². The first-order valence-electron chi connectivity index (χ1n) is 7.93. The van der Waals surface area contributed by atoms with Crippen molar-refractivity contribution >= 4 is 38.9 Å². The summed E-state index contributed by atoms with van der Waals surface area (Å²) < 4.78 is 36.4. The Labute approximate surface area is 161 Å². The molecule has 1 amide bonds. The maximum Gasteiger partial charge on any atom is 0.349 e. The largest absolute Gasteiger partial charge is 0.497 e. The molecule has 2 aromatic rings. The van der Waals surface area contributed by atoms with E-state index in [-0.39, 0.29) is 22.9 Å². The van der Waals surface area contributed by atoms with Gasteiger partial charge in [-0.15, -0.1) is 11.3 Å². The van der Waals surface area contributed by atoms with Crippen LogP contribution in [0.3, 0.4) is 0 Å². The fourth-order valence-corrected chi connectivity index (χ4v) is 5.00. The number of thiophene rings is 1. The first kappa shape index (κ1) is 20.9. The van der Waals surface area contributed by atoms with Crippen LogP contribution in [0.2, 0.25) is 0 Å². The number of nitrogens with one attached hydrogen (secondary N) is 1. The van der Waals surface area contributed by atoms with Crippen LogP contribution in [0.15, 0.2) is 40.6 Å². The molecule has 0 saturated carbocycles. The van der Waals surface area contributed by atoms with Crippen molar-refractivity contribution in [3.63, 3.8) is 0 Å². The van der Waals surface area contributed by atoms with E-state index in [2.05, 4.69) is 10.1 Å². The van der Waals surface area contributed by atoms with Crippen LogP contribution < -0.4 is 10.1 Å². The lowest BCUT2D eigenvalue weighted by atomic mass is 10.3. The van der Waals surface area contributed by atoms with Gasteiger partial charge in [-0.25, -0.2) is 13.2 Å². The molecule has 0 bridgehead atoms. The van der Waals surface area contributed by atoms with Crippen molar-refractivity contribution < 1.29 is 27.5 Å². The van der Waals surface area contributed by atoms with Gasteiger partial charge < -0.3 is 14.8 Å². The molecule has 0 saturated heterocycles. The predicted molar refractivity (Wildman–Crippen MR) is 102 cm³/mol. The van der Waals surface area contributed by atoms with E-state index in [1.165, 1.54) is 25.7 Å². The molecule has 0 aliphatic rings. The molecule has 1 aromatic carbocycles. The second kappa shape index (κ2) is 8.98. The number of methoxy groups -OCH3 is 2. The van der Waals surface area contributed by atoms with Gasteiger partial charge in [0.15, 0.2) is 0 Å². The Kier molecular flexibility index (Phi) is 6.94. The summed E-state index contributed by atoms with van der Waals surface area (Å²) in [6.07, 6.45) is 0. The number of likely N-dealkylation sites (N-methyl/N-ethyl adjacent to an activating group) is 1. The highest BCUT2D eigenvalue weighted by Crippen LogP contribution is 2.26. The zero-order chi connectivity index (χ0) is 20.0. The van der Waals surface area contributed by atoms with Crippen molar-refractivity contribution in [2.45, 2.75) is 11.8 Å². The van der Waals surface area contributed by atoms with Gasteiger partial charge in [0.1, 0.15) is 15.5 Å². The number of amides is 1. The summed E-state index contributed by atoms with van der Waals surface area (Å²) in [5, 5.41) is 4.12. The SMILES string of the molecule is CCN(CC(=O)Nc1ccc(OC)cc1)S(=O)(=O)c1ccsc1C(=O)OC. The van der Waals surface area contributed by atoms with E-state index in [4.69, 9.17) is 4.74 Å². The zero-order valence-corrected chi connectivity index (χ0v) is 16.7. The molecule has 10 heteroatoms. The third-order valence-electron chi connectivity index (χ3n) is 3.66. The molecular weight excluding hydrogens is 392 g/mol. The average molecular weight is 412 g/mol. The number of ether oxygens (including phenoxy) is 2. The summed E-state index contributed by atoms with van der Waals surface area (Å²) in [7, 11) is -1.32. The number of carbonyl (C=O) groups is 2. The number of hydrogen-bond acceptors (Lipinski definition) is 7. The van der Waals surface area contributed by atoms with Gasteiger partial charge in [-0.2, -0.15) is 4.31 Å². The molecule has 8 nitrogen and oxygen atoms in total. The molecule has 27 heavy (non-hydrogen) atoms. The van der Waals surface area contributed by atoms with E-state index in [1.54, 1.807) is 31.2 Å². The predicted octanol–water partition coefficient (Wildman–Crippen LogP) is 2.19. The van der Waals surface area contributed by atoms with Gasteiger partial charge in [-0.3, -0.25) is 4.79 Å². The molecule has 1 heterocycles. The summed E-state index contributed by atoms with van der Waals surface area (Å²) in [6, 6.07) is 7.98. The summed E-state index contributed by atoms with van der Waals surface area (Å²) in [5.74, 6) is -0.596. The van der Waals surface area contributed by atoms with Crippen LogP contribution in [0.25, 0.3) is 0 Å². The highest BCUT2D eigenvalue weighted by molar-refractivity contribution is 7.89. The Morgan fingerprint density at radius 2 is 1.81 bits per heavy atom. The minimum Gasteiger partial charge on any atom is -0.497 e. The van der Waals surface area contributed by atoms with E-state index in [0.29, 0.717) is 11.4 Å². The molecule has 1 N–H and O–H groups in total. The fourth-order valence-electron chi connectivity index (χ4n) is 2.28. The summed E-state index contributed by atoms with van der Waals surface area (Å²) in [6.45, 7) is 1.29. The molecule has 0 radical (unpaired) electrons. The Hall–Kier alpha value is -2.43. The van der Waals surface area contributed by atoms with Crippen LogP contribution >= 0.6 is 11.3 Å². The van der Waals surface area contributed by atoms with Gasteiger partial charge in [0, 0.05) is 12.2 Å². The molecule has 146 valence electrons. The number of sulfonamides is 1. The number of esters is 1. The smallest absolute Gasteiger partial charge is 0.349 e. The van der Waals surface area contributed by atoms with Gasteiger partial charge >= 0.3 is 5.97 Å². The van der Waals surface area contributed by atoms with Crippen LogP contribution in [0, 0.1) is 0 Å². The molecule has 0 atom stereocenters. The van der Waals surface area contributed by atoms with Gasteiger partial charge in [0.25, 0.3) is 0 Å². The van der Waals surface area contributed by atoms with Gasteiger partial charge in [0.2, 0.25) is 15.9 Å². The Morgan fingerprint density at radius 3 is 2.37 bits per heavy atom. The second-order valence-corrected chi connectivity index (χ2v) is 8.14. The number of carbonyl (C=O) groups excluding carboxylic acids is 2. The van der Waals surface area contributed by atoms with E-state index in [9.17, 15) is 18.0 Å². The van der Waals surface area contributed by atoms with E-state index < -0.39 is 21.9 Å². The van der Waals surface area contributed by atoms with Gasteiger partial charge in [0.05, 0.1) is 20.8 Å². The Morgan fingerprint density at radius 1 is 1.15 bits per heavy atom. The molecule has 0 aliphatic heterocycles. The molecule has 0 fully saturated rings. The second-order valence-electron chi connectivity index (χ2n) is 5.31. The molecule has 2 rings (SSSR count). The molecule has 0 spiro atoms. The highest BCUT2D eigenvalue weighted by atomic mass is 32.2. The van der Waals surface area contributed by atoms with Crippen LogP contribution in [-0.2, 0) is 19.6 Å². The van der Waals surface area contributed by atoms with Crippen molar-refractivity contribution in [3.05, 3.63) is 40.6 Å². The molecule has 0 aliphatic carbocycles. The third-order valence-corrected chi connectivity index (χ3v) is 6.65. The van der Waals surface area contributed by atoms with Crippen LogP contribution in [0.5, 0.6) is 5.75 Å². The normalized spacial score (nSPS) is 11.3. The first-order valence-corrected chi connectivity index (χ1v) is 10.2. The van der Waals surface area contributed by atoms with Gasteiger partial charge in [-0.1, -0.05) is 6.92 Å². The van der Waals surface area contributed by atoms with Crippen molar-refractivity contribution in [2.24, 2.45) is 0 Å². The van der Waals surface area contributed by atoms with Crippen molar-refractivity contribution in [1.82, 2.24) is 4.31 Å². The summed E-state index contributed by atoms with van der Waals surface area (Å²) in [5.41, 5.74) is 0.514. The van der Waals surface area contributed by atoms with Crippen LogP contribution in [0.1, 0.15) is 16.6 Å². The quantitative estimate of drug-likeness (QED) is 0.667. The number of nitrogens with zero attached hydrogens (tertiary/aromatic N) is 1. The Bertz CT molecular complexity index is 906. The molecule has 0 unspecified atom stereocenters.